The second kappa shape index (κ2) is 5.63. The van der Waals surface area contributed by atoms with Gasteiger partial charge in [-0.1, -0.05) is 6.92 Å². The molecule has 0 aliphatic heterocycles. The van der Waals surface area contributed by atoms with Crippen molar-refractivity contribution in [3.05, 3.63) is 11.6 Å². The molecule has 1 unspecified atom stereocenters. The Balaban J connectivity index is 2.82. The van der Waals surface area contributed by atoms with E-state index in [0.29, 0.717) is 12.4 Å². The quantitative estimate of drug-likeness (QED) is 0.711. The van der Waals surface area contributed by atoms with Crippen LogP contribution >= 0.6 is 0 Å². The maximum absolute atomic E-state index is 11.6. The number of hydrogen-bond donors (Lipinski definition) is 0. The van der Waals surface area contributed by atoms with Crippen LogP contribution in [0.3, 0.4) is 0 Å². The lowest BCUT2D eigenvalue weighted by Crippen LogP contribution is -2.16. The number of aromatic nitrogens is 3. The highest BCUT2D eigenvalue weighted by Gasteiger charge is 2.22. The van der Waals surface area contributed by atoms with Gasteiger partial charge in [-0.05, 0) is 20.3 Å². The lowest BCUT2D eigenvalue weighted by molar-refractivity contribution is -0.144. The summed E-state index contributed by atoms with van der Waals surface area (Å²) in [5.41, 5.74) is 0. The highest BCUT2D eigenvalue weighted by molar-refractivity contribution is 5.76. The summed E-state index contributed by atoms with van der Waals surface area (Å²) in [6.45, 7) is 6.05. The number of nitrogens with zero attached hydrogens (tertiary/aromatic N) is 3. The topological polar surface area (TPSA) is 57.0 Å². The second-order valence-electron chi connectivity index (χ2n) is 3.73. The fourth-order valence-corrected chi connectivity index (χ4v) is 1.53. The van der Waals surface area contributed by atoms with Gasteiger partial charge >= 0.3 is 5.97 Å². The first kappa shape index (κ1) is 12.7. The van der Waals surface area contributed by atoms with E-state index in [0.717, 1.165) is 18.7 Å². The summed E-state index contributed by atoms with van der Waals surface area (Å²) in [7, 11) is 1.80. The normalized spacial score (nSPS) is 12.5. The van der Waals surface area contributed by atoms with E-state index in [-0.39, 0.29) is 11.9 Å². The van der Waals surface area contributed by atoms with Crippen molar-refractivity contribution in [2.45, 2.75) is 39.5 Å². The Morgan fingerprint density at radius 3 is 2.75 bits per heavy atom. The Morgan fingerprint density at radius 2 is 2.19 bits per heavy atom. The van der Waals surface area contributed by atoms with E-state index in [9.17, 15) is 4.79 Å². The SMILES string of the molecule is CCCc1nc(C(C)C(=O)OCC)n(C)n1. The highest BCUT2D eigenvalue weighted by Crippen LogP contribution is 2.14. The van der Waals surface area contributed by atoms with Crippen molar-refractivity contribution in [3.63, 3.8) is 0 Å². The maximum atomic E-state index is 11.6. The van der Waals surface area contributed by atoms with Gasteiger partial charge < -0.3 is 4.74 Å². The van der Waals surface area contributed by atoms with Crippen LogP contribution < -0.4 is 0 Å². The van der Waals surface area contributed by atoms with Crippen molar-refractivity contribution in [2.75, 3.05) is 6.61 Å². The summed E-state index contributed by atoms with van der Waals surface area (Å²) >= 11 is 0. The first-order valence-corrected chi connectivity index (χ1v) is 5.66. The van der Waals surface area contributed by atoms with Gasteiger partial charge in [-0.3, -0.25) is 9.48 Å². The Kier molecular flexibility index (Phi) is 4.46. The molecule has 1 aromatic heterocycles. The summed E-state index contributed by atoms with van der Waals surface area (Å²) in [6, 6.07) is 0. The lowest BCUT2D eigenvalue weighted by atomic mass is 10.2. The molecule has 1 atom stereocenters. The molecule has 0 radical (unpaired) electrons. The Morgan fingerprint density at radius 1 is 1.50 bits per heavy atom. The summed E-state index contributed by atoms with van der Waals surface area (Å²) in [5.74, 6) is 0.849. The third kappa shape index (κ3) is 2.81. The van der Waals surface area contributed by atoms with Gasteiger partial charge in [0.1, 0.15) is 11.7 Å². The average molecular weight is 225 g/mol. The molecule has 1 aromatic rings. The zero-order valence-corrected chi connectivity index (χ0v) is 10.4. The van der Waals surface area contributed by atoms with Gasteiger partial charge in [0.05, 0.1) is 6.61 Å². The molecule has 1 rings (SSSR count). The number of carbonyl (C=O) groups excluding carboxylic acids is 1. The van der Waals surface area contributed by atoms with E-state index in [2.05, 4.69) is 17.0 Å². The van der Waals surface area contributed by atoms with Gasteiger partial charge in [0, 0.05) is 13.5 Å². The van der Waals surface area contributed by atoms with Crippen LogP contribution in [-0.2, 0) is 23.0 Å². The summed E-state index contributed by atoms with van der Waals surface area (Å²) < 4.78 is 6.62. The molecule has 90 valence electrons. The molecule has 0 bridgehead atoms. The second-order valence-corrected chi connectivity index (χ2v) is 3.73. The van der Waals surface area contributed by atoms with Crippen molar-refractivity contribution in [1.29, 1.82) is 0 Å². The third-order valence-electron chi connectivity index (χ3n) is 2.34. The van der Waals surface area contributed by atoms with Crippen LogP contribution in [-0.4, -0.2) is 27.3 Å². The molecule has 0 spiro atoms. The fourth-order valence-electron chi connectivity index (χ4n) is 1.53. The van der Waals surface area contributed by atoms with Gasteiger partial charge in [-0.25, -0.2) is 4.98 Å². The Hall–Kier alpha value is -1.39. The van der Waals surface area contributed by atoms with Gasteiger partial charge in [-0.2, -0.15) is 5.10 Å². The molecular formula is C11H19N3O2. The smallest absolute Gasteiger partial charge is 0.316 e. The molecule has 5 nitrogen and oxygen atoms in total. The van der Waals surface area contributed by atoms with Crippen LogP contribution in [0, 0.1) is 0 Å². The minimum Gasteiger partial charge on any atom is -0.465 e. The summed E-state index contributed by atoms with van der Waals surface area (Å²) in [5, 5.41) is 4.26. The minimum absolute atomic E-state index is 0.249. The van der Waals surface area contributed by atoms with E-state index in [4.69, 9.17) is 4.74 Å². The molecule has 0 aliphatic carbocycles. The number of rotatable bonds is 5. The zero-order valence-electron chi connectivity index (χ0n) is 10.4. The van der Waals surface area contributed by atoms with Crippen molar-refractivity contribution in [2.24, 2.45) is 7.05 Å². The fraction of sp³-hybridized carbons (Fsp3) is 0.727. The average Bonchev–Trinajstić information content (AvgIpc) is 2.59. The predicted molar refractivity (Wildman–Crippen MR) is 60.0 cm³/mol. The molecule has 1 heterocycles. The van der Waals surface area contributed by atoms with E-state index in [1.165, 1.54) is 0 Å². The lowest BCUT2D eigenvalue weighted by Gasteiger charge is -2.08. The van der Waals surface area contributed by atoms with Crippen LogP contribution in [0.25, 0.3) is 0 Å². The molecule has 16 heavy (non-hydrogen) atoms. The van der Waals surface area contributed by atoms with Gasteiger partial charge in [0.15, 0.2) is 5.82 Å². The van der Waals surface area contributed by atoms with Crippen molar-refractivity contribution in [1.82, 2.24) is 14.8 Å². The molecule has 0 fully saturated rings. The van der Waals surface area contributed by atoms with Crippen molar-refractivity contribution >= 4 is 5.97 Å². The van der Waals surface area contributed by atoms with Crippen LogP contribution in [0.15, 0.2) is 0 Å². The number of ether oxygens (including phenoxy) is 1. The molecular weight excluding hydrogens is 206 g/mol. The van der Waals surface area contributed by atoms with Gasteiger partial charge in [-0.15, -0.1) is 0 Å². The van der Waals surface area contributed by atoms with Crippen LogP contribution in [0.2, 0.25) is 0 Å². The van der Waals surface area contributed by atoms with E-state index >= 15 is 0 Å². The molecule has 0 aromatic carbocycles. The molecule has 0 aliphatic rings. The van der Waals surface area contributed by atoms with Crippen molar-refractivity contribution in [3.8, 4) is 0 Å². The first-order chi connectivity index (χ1) is 7.60. The number of carbonyl (C=O) groups is 1. The summed E-state index contributed by atoms with van der Waals surface area (Å²) in [6.07, 6.45) is 1.83. The summed E-state index contributed by atoms with van der Waals surface area (Å²) in [4.78, 5) is 15.9. The third-order valence-corrected chi connectivity index (χ3v) is 2.34. The molecule has 0 amide bonds. The monoisotopic (exact) mass is 225 g/mol. The minimum atomic E-state index is -0.358. The molecule has 0 saturated carbocycles. The molecule has 5 heteroatoms. The van der Waals surface area contributed by atoms with Crippen molar-refractivity contribution < 1.29 is 9.53 Å². The van der Waals surface area contributed by atoms with Crippen LogP contribution in [0.5, 0.6) is 0 Å². The predicted octanol–water partition coefficient (Wildman–Crippen LogP) is 1.43. The van der Waals surface area contributed by atoms with E-state index in [1.807, 2.05) is 0 Å². The van der Waals surface area contributed by atoms with E-state index in [1.54, 1.807) is 25.6 Å². The van der Waals surface area contributed by atoms with Gasteiger partial charge in [0.2, 0.25) is 0 Å². The Bertz CT molecular complexity index is 360. The standard InChI is InChI=1S/C11H19N3O2/c1-5-7-9-12-10(14(4)13-9)8(3)11(15)16-6-2/h8H,5-7H2,1-4H3. The molecule has 0 saturated heterocycles. The number of esters is 1. The van der Waals surface area contributed by atoms with E-state index < -0.39 is 0 Å². The van der Waals surface area contributed by atoms with Crippen LogP contribution in [0.1, 0.15) is 44.8 Å². The number of hydrogen-bond acceptors (Lipinski definition) is 4. The van der Waals surface area contributed by atoms with Gasteiger partial charge in [0.25, 0.3) is 0 Å². The molecule has 0 N–H and O–H groups in total. The first-order valence-electron chi connectivity index (χ1n) is 5.66. The zero-order chi connectivity index (χ0) is 12.1. The largest absolute Gasteiger partial charge is 0.465 e. The maximum Gasteiger partial charge on any atom is 0.316 e. The van der Waals surface area contributed by atoms with Crippen LogP contribution in [0.4, 0.5) is 0 Å². The number of aryl methyl sites for hydroxylation is 2. The Labute approximate surface area is 95.8 Å². The highest BCUT2D eigenvalue weighted by atomic mass is 16.5.